The summed E-state index contributed by atoms with van der Waals surface area (Å²) in [5.74, 6) is 0. The van der Waals surface area contributed by atoms with E-state index in [1.165, 1.54) is 31.5 Å². The quantitative estimate of drug-likeness (QED) is 0.874. The summed E-state index contributed by atoms with van der Waals surface area (Å²) in [6, 6.07) is 8.63. The van der Waals surface area contributed by atoms with Crippen LogP contribution in [0.25, 0.3) is 0 Å². The number of hydrogen-bond acceptors (Lipinski definition) is 2. The Balaban J connectivity index is 2.17. The van der Waals surface area contributed by atoms with Gasteiger partial charge in [0.05, 0.1) is 0 Å². The van der Waals surface area contributed by atoms with Crippen LogP contribution in [0.1, 0.15) is 30.9 Å². The Morgan fingerprint density at radius 1 is 1.31 bits per heavy atom. The number of benzene rings is 1. The van der Waals surface area contributed by atoms with E-state index in [1.54, 1.807) is 0 Å². The van der Waals surface area contributed by atoms with Crippen molar-refractivity contribution in [3.63, 3.8) is 0 Å². The van der Waals surface area contributed by atoms with Gasteiger partial charge in [0, 0.05) is 11.1 Å². The Hall–Kier alpha value is -0.570. The number of hydrogen-bond donors (Lipinski definition) is 1. The van der Waals surface area contributed by atoms with E-state index in [2.05, 4.69) is 17.0 Å². The van der Waals surface area contributed by atoms with Crippen LogP contribution in [-0.2, 0) is 0 Å². The fourth-order valence-electron chi connectivity index (χ4n) is 2.49. The maximum absolute atomic E-state index is 6.05. The van der Waals surface area contributed by atoms with E-state index in [4.69, 9.17) is 17.3 Å². The van der Waals surface area contributed by atoms with E-state index >= 15 is 0 Å². The maximum Gasteiger partial charge on any atom is 0.0409 e. The summed E-state index contributed by atoms with van der Waals surface area (Å²) < 4.78 is 0. The molecule has 2 N–H and O–H groups in total. The fraction of sp³-hybridized carbons (Fsp3) is 0.538. The molecule has 0 spiro atoms. The lowest BCUT2D eigenvalue weighted by atomic mass is 10.0. The van der Waals surface area contributed by atoms with Gasteiger partial charge in [0.1, 0.15) is 0 Å². The summed E-state index contributed by atoms with van der Waals surface area (Å²) in [4.78, 5) is 2.53. The lowest BCUT2D eigenvalue weighted by Crippen LogP contribution is -2.27. The topological polar surface area (TPSA) is 29.3 Å². The number of rotatable bonds is 4. The van der Waals surface area contributed by atoms with Gasteiger partial charge in [-0.3, -0.25) is 4.90 Å². The molecule has 2 nitrogen and oxygen atoms in total. The zero-order valence-electron chi connectivity index (χ0n) is 9.53. The molecule has 0 radical (unpaired) electrons. The van der Waals surface area contributed by atoms with Gasteiger partial charge >= 0.3 is 0 Å². The van der Waals surface area contributed by atoms with Crippen LogP contribution in [0.3, 0.4) is 0 Å². The minimum absolute atomic E-state index is 0.450. The van der Waals surface area contributed by atoms with Crippen molar-refractivity contribution in [2.45, 2.75) is 25.3 Å². The molecule has 1 atom stereocenters. The highest BCUT2D eigenvalue weighted by Crippen LogP contribution is 2.28. The molecule has 0 aromatic heterocycles. The Morgan fingerprint density at radius 2 is 2.06 bits per heavy atom. The van der Waals surface area contributed by atoms with Gasteiger partial charge in [0.25, 0.3) is 0 Å². The van der Waals surface area contributed by atoms with Crippen molar-refractivity contribution in [1.29, 1.82) is 0 Å². The maximum atomic E-state index is 6.05. The van der Waals surface area contributed by atoms with Crippen molar-refractivity contribution < 1.29 is 0 Å². The first-order valence-corrected chi connectivity index (χ1v) is 6.38. The molecule has 0 aliphatic carbocycles. The zero-order valence-corrected chi connectivity index (χ0v) is 10.3. The van der Waals surface area contributed by atoms with Crippen LogP contribution in [0.2, 0.25) is 5.02 Å². The number of halogens is 1. The van der Waals surface area contributed by atoms with Gasteiger partial charge in [-0.05, 0) is 56.6 Å². The average Bonchev–Trinajstić information content (AvgIpc) is 2.79. The molecule has 0 saturated carbocycles. The van der Waals surface area contributed by atoms with Gasteiger partial charge in [0.15, 0.2) is 0 Å². The Labute approximate surface area is 102 Å². The van der Waals surface area contributed by atoms with Crippen LogP contribution in [0, 0.1) is 0 Å². The van der Waals surface area contributed by atoms with Gasteiger partial charge in [0.2, 0.25) is 0 Å². The molecule has 1 heterocycles. The normalized spacial score (nSPS) is 18.9. The minimum Gasteiger partial charge on any atom is -0.330 e. The molecule has 88 valence electrons. The summed E-state index contributed by atoms with van der Waals surface area (Å²) in [5, 5.41) is 0.818. The van der Waals surface area contributed by atoms with Crippen molar-refractivity contribution in [3.05, 3.63) is 34.9 Å². The highest BCUT2D eigenvalue weighted by molar-refractivity contribution is 6.30. The largest absolute Gasteiger partial charge is 0.330 e. The van der Waals surface area contributed by atoms with E-state index < -0.39 is 0 Å². The molecule has 1 aromatic carbocycles. The van der Waals surface area contributed by atoms with Crippen LogP contribution in [0.15, 0.2) is 24.3 Å². The van der Waals surface area contributed by atoms with Gasteiger partial charge < -0.3 is 5.73 Å². The van der Waals surface area contributed by atoms with Crippen LogP contribution in [0.4, 0.5) is 0 Å². The Bertz CT molecular complexity index is 334. The highest BCUT2D eigenvalue weighted by atomic mass is 35.5. The molecule has 1 aromatic rings. The molecule has 3 heteroatoms. The number of nitrogens with zero attached hydrogens (tertiary/aromatic N) is 1. The second kappa shape index (κ2) is 5.67. The molecule has 1 unspecified atom stereocenters. The van der Waals surface area contributed by atoms with E-state index in [1.807, 2.05) is 12.1 Å². The molecular formula is C13H19ClN2. The molecule has 1 aliphatic rings. The Kier molecular flexibility index (Phi) is 4.22. The second-order valence-corrected chi connectivity index (χ2v) is 4.83. The molecule has 2 rings (SSSR count). The van der Waals surface area contributed by atoms with Crippen molar-refractivity contribution in [1.82, 2.24) is 4.90 Å². The first-order valence-electron chi connectivity index (χ1n) is 6.01. The van der Waals surface area contributed by atoms with Gasteiger partial charge in [-0.1, -0.05) is 23.7 Å². The van der Waals surface area contributed by atoms with Crippen molar-refractivity contribution in [2.75, 3.05) is 19.6 Å². The van der Waals surface area contributed by atoms with Crippen LogP contribution < -0.4 is 5.73 Å². The summed E-state index contributed by atoms with van der Waals surface area (Å²) in [6.45, 7) is 3.11. The van der Waals surface area contributed by atoms with Gasteiger partial charge in [-0.2, -0.15) is 0 Å². The molecule has 0 bridgehead atoms. The summed E-state index contributed by atoms with van der Waals surface area (Å²) in [6.07, 6.45) is 3.63. The zero-order chi connectivity index (χ0) is 11.4. The first kappa shape index (κ1) is 11.9. The van der Waals surface area contributed by atoms with E-state index in [0.717, 1.165) is 18.0 Å². The third-order valence-electron chi connectivity index (χ3n) is 3.25. The Morgan fingerprint density at radius 3 is 2.69 bits per heavy atom. The average molecular weight is 239 g/mol. The molecule has 0 amide bonds. The van der Waals surface area contributed by atoms with Crippen LogP contribution in [0.5, 0.6) is 0 Å². The minimum atomic E-state index is 0.450. The summed E-state index contributed by atoms with van der Waals surface area (Å²) >= 11 is 6.05. The third-order valence-corrected chi connectivity index (χ3v) is 3.49. The van der Waals surface area contributed by atoms with Crippen molar-refractivity contribution >= 4 is 11.6 Å². The molecule has 16 heavy (non-hydrogen) atoms. The van der Waals surface area contributed by atoms with E-state index in [9.17, 15) is 0 Å². The lowest BCUT2D eigenvalue weighted by molar-refractivity contribution is 0.236. The number of nitrogens with two attached hydrogens (primary N) is 1. The second-order valence-electron chi connectivity index (χ2n) is 4.39. The SMILES string of the molecule is NCCC(c1cccc(Cl)c1)N1CCCC1. The summed E-state index contributed by atoms with van der Waals surface area (Å²) in [5.41, 5.74) is 7.02. The van der Waals surface area contributed by atoms with Crippen molar-refractivity contribution in [2.24, 2.45) is 5.73 Å². The highest BCUT2D eigenvalue weighted by Gasteiger charge is 2.22. The molecular weight excluding hydrogens is 220 g/mol. The van der Waals surface area contributed by atoms with E-state index in [0.29, 0.717) is 6.04 Å². The fourth-order valence-corrected chi connectivity index (χ4v) is 2.68. The standard InChI is InChI=1S/C13H19ClN2/c14-12-5-3-4-11(10-12)13(6-7-15)16-8-1-2-9-16/h3-5,10,13H,1-2,6-9,15H2. The van der Waals surface area contributed by atoms with Crippen molar-refractivity contribution in [3.8, 4) is 0 Å². The molecule has 1 saturated heterocycles. The predicted octanol–water partition coefficient (Wildman–Crippen LogP) is 2.83. The lowest BCUT2D eigenvalue weighted by Gasteiger charge is -2.27. The van der Waals surface area contributed by atoms with Crippen LogP contribution in [-0.4, -0.2) is 24.5 Å². The third kappa shape index (κ3) is 2.76. The smallest absolute Gasteiger partial charge is 0.0409 e. The molecule has 1 fully saturated rings. The number of likely N-dealkylation sites (tertiary alicyclic amines) is 1. The predicted molar refractivity (Wildman–Crippen MR) is 68.7 cm³/mol. The van der Waals surface area contributed by atoms with Gasteiger partial charge in [-0.25, -0.2) is 0 Å². The van der Waals surface area contributed by atoms with E-state index in [-0.39, 0.29) is 0 Å². The summed E-state index contributed by atoms with van der Waals surface area (Å²) in [7, 11) is 0. The molecule has 1 aliphatic heterocycles. The monoisotopic (exact) mass is 238 g/mol. The van der Waals surface area contributed by atoms with Gasteiger partial charge in [-0.15, -0.1) is 0 Å². The first-order chi connectivity index (χ1) is 7.81. The van der Waals surface area contributed by atoms with Crippen LogP contribution >= 0.6 is 11.6 Å².